The molecule has 1 amide bonds. The number of hydrogen-bond acceptors (Lipinski definition) is 6. The van der Waals surface area contributed by atoms with Crippen LogP contribution in [-0.4, -0.2) is 35.8 Å². The van der Waals surface area contributed by atoms with Crippen molar-refractivity contribution in [1.29, 1.82) is 0 Å². The first-order valence-electron chi connectivity index (χ1n) is 12.2. The third-order valence-corrected chi connectivity index (χ3v) is 6.96. The standard InChI is InChI=1S/C27H35N3O5S.K/c1-5-7-17-35-26(31)29-36(33,34)24-14-11-20(8-6-2)18-23(24)22-12-9-21(10-13-22)19-30-16-15-28-25(30)27(3,4)32;/h9-16,18,32H,5-8,17,19H2,1-4H3,(H,29,31);/q;+1/p-1. The summed E-state index contributed by atoms with van der Waals surface area (Å²) in [6, 6.07) is 12.6. The number of aromatic nitrogens is 2. The van der Waals surface area contributed by atoms with E-state index in [4.69, 9.17) is 4.74 Å². The summed E-state index contributed by atoms with van der Waals surface area (Å²) in [5, 5.41) is 10.3. The zero-order valence-electron chi connectivity index (χ0n) is 22.3. The van der Waals surface area contributed by atoms with Gasteiger partial charge in [-0.15, -0.1) is 0 Å². The number of amides is 1. The SMILES string of the molecule is CCCCOC(=O)[N-]S(=O)(=O)c1ccc(CCC)cc1-c1ccc(Cn2ccnc2C(C)(C)O)cc1.[K+]. The molecule has 0 saturated carbocycles. The molecule has 3 aromatic rings. The number of benzene rings is 2. The van der Waals surface area contributed by atoms with Crippen LogP contribution < -0.4 is 51.4 Å². The molecule has 0 bridgehead atoms. The van der Waals surface area contributed by atoms with Gasteiger partial charge in [-0.3, -0.25) is 4.79 Å². The topological polar surface area (TPSA) is 113 Å². The number of imidazole rings is 1. The van der Waals surface area contributed by atoms with Gasteiger partial charge in [0.25, 0.3) is 0 Å². The van der Waals surface area contributed by atoms with E-state index in [2.05, 4.69) is 16.6 Å². The van der Waals surface area contributed by atoms with Crippen molar-refractivity contribution in [2.24, 2.45) is 0 Å². The van der Waals surface area contributed by atoms with Gasteiger partial charge in [-0.1, -0.05) is 57.0 Å². The Morgan fingerprint density at radius 3 is 2.38 bits per heavy atom. The molecule has 0 radical (unpaired) electrons. The van der Waals surface area contributed by atoms with E-state index in [1.54, 1.807) is 32.3 Å². The van der Waals surface area contributed by atoms with Crippen LogP contribution in [0.5, 0.6) is 0 Å². The molecule has 0 spiro atoms. The zero-order chi connectivity index (χ0) is 26.3. The van der Waals surface area contributed by atoms with Gasteiger partial charge in [0.1, 0.15) is 21.4 Å². The monoisotopic (exact) mass is 551 g/mol. The van der Waals surface area contributed by atoms with E-state index >= 15 is 0 Å². The van der Waals surface area contributed by atoms with Crippen molar-refractivity contribution >= 4 is 16.1 Å². The second-order valence-electron chi connectivity index (χ2n) is 9.25. The summed E-state index contributed by atoms with van der Waals surface area (Å²) in [6.07, 6.45) is 5.51. The normalized spacial score (nSPS) is 11.6. The molecule has 0 saturated heterocycles. The van der Waals surface area contributed by atoms with Crippen molar-refractivity contribution in [3.8, 4) is 11.1 Å². The molecule has 0 atom stereocenters. The van der Waals surface area contributed by atoms with Gasteiger partial charge >= 0.3 is 51.4 Å². The predicted molar refractivity (Wildman–Crippen MR) is 139 cm³/mol. The first-order valence-corrected chi connectivity index (χ1v) is 13.6. The van der Waals surface area contributed by atoms with Crippen LogP contribution in [0.1, 0.15) is 63.9 Å². The number of aliphatic hydroxyl groups is 1. The van der Waals surface area contributed by atoms with Crippen molar-refractivity contribution in [2.75, 3.05) is 6.61 Å². The van der Waals surface area contributed by atoms with E-state index in [0.29, 0.717) is 29.9 Å². The van der Waals surface area contributed by atoms with Crippen LogP contribution in [0.15, 0.2) is 59.8 Å². The summed E-state index contributed by atoms with van der Waals surface area (Å²) in [5.74, 6) is 0.555. The van der Waals surface area contributed by atoms with Crippen molar-refractivity contribution < 1.29 is 74.4 Å². The summed E-state index contributed by atoms with van der Waals surface area (Å²) in [7, 11) is -4.27. The molecule has 194 valence electrons. The van der Waals surface area contributed by atoms with Crippen molar-refractivity contribution in [2.45, 2.75) is 70.4 Å². The smallest absolute Gasteiger partial charge is 0.506 e. The first-order chi connectivity index (χ1) is 17.0. The number of sulfonamides is 1. The van der Waals surface area contributed by atoms with Crippen molar-refractivity contribution in [3.05, 3.63) is 76.5 Å². The zero-order valence-corrected chi connectivity index (χ0v) is 26.2. The molecule has 37 heavy (non-hydrogen) atoms. The number of nitrogens with zero attached hydrogens (tertiary/aromatic N) is 3. The number of hydrogen-bond donors (Lipinski definition) is 1. The molecule has 0 aliphatic carbocycles. The van der Waals surface area contributed by atoms with E-state index in [-0.39, 0.29) is 62.9 Å². The Balaban J connectivity index is 0.00000481. The quantitative estimate of drug-likeness (QED) is 0.290. The minimum absolute atomic E-state index is 0. The summed E-state index contributed by atoms with van der Waals surface area (Å²) in [5.41, 5.74) is 2.05. The number of carbonyl (C=O) groups excluding carboxylic acids is 1. The van der Waals surface area contributed by atoms with E-state index < -0.39 is 21.7 Å². The van der Waals surface area contributed by atoms with Gasteiger partial charge in [0.15, 0.2) is 0 Å². The summed E-state index contributed by atoms with van der Waals surface area (Å²) >= 11 is 0. The van der Waals surface area contributed by atoms with Gasteiger partial charge in [-0.05, 0) is 61.1 Å². The minimum atomic E-state index is -4.27. The van der Waals surface area contributed by atoms with Crippen LogP contribution in [0, 0.1) is 0 Å². The number of ether oxygens (including phenoxy) is 1. The Hall–Kier alpha value is -1.53. The summed E-state index contributed by atoms with van der Waals surface area (Å²) in [4.78, 5) is 16.2. The molecule has 1 aromatic heterocycles. The number of aryl methyl sites for hydroxylation is 1. The molecular weight excluding hydrogens is 517 g/mol. The maximum atomic E-state index is 13.0. The molecule has 8 nitrogen and oxygen atoms in total. The molecule has 10 heteroatoms. The van der Waals surface area contributed by atoms with Gasteiger partial charge in [-0.2, -0.15) is 0 Å². The first kappa shape index (κ1) is 31.7. The van der Waals surface area contributed by atoms with Crippen LogP contribution in [0.25, 0.3) is 15.8 Å². The second-order valence-corrected chi connectivity index (χ2v) is 10.8. The number of rotatable bonds is 11. The van der Waals surface area contributed by atoms with Gasteiger partial charge in [0.2, 0.25) is 6.09 Å². The van der Waals surface area contributed by atoms with Crippen LogP contribution in [0.4, 0.5) is 4.79 Å². The van der Waals surface area contributed by atoms with E-state index in [1.807, 2.05) is 41.8 Å². The van der Waals surface area contributed by atoms with E-state index in [1.165, 1.54) is 6.07 Å². The van der Waals surface area contributed by atoms with Crippen molar-refractivity contribution in [1.82, 2.24) is 9.55 Å². The Bertz CT molecular complexity index is 1280. The average molecular weight is 552 g/mol. The molecule has 0 fully saturated rings. The van der Waals surface area contributed by atoms with Crippen LogP contribution in [0.3, 0.4) is 0 Å². The van der Waals surface area contributed by atoms with Crippen LogP contribution in [0.2, 0.25) is 0 Å². The van der Waals surface area contributed by atoms with Gasteiger partial charge in [-0.25, -0.2) is 13.4 Å². The maximum Gasteiger partial charge on any atom is 1.00 e. The Morgan fingerprint density at radius 1 is 1.08 bits per heavy atom. The van der Waals surface area contributed by atoms with Crippen molar-refractivity contribution in [3.63, 3.8) is 0 Å². The molecule has 2 aromatic carbocycles. The molecule has 3 rings (SSSR count). The molecule has 0 aliphatic rings. The maximum absolute atomic E-state index is 13.0. The number of carbonyl (C=O) groups is 1. The molecule has 0 unspecified atom stereocenters. The minimum Gasteiger partial charge on any atom is -0.506 e. The Morgan fingerprint density at radius 2 is 1.76 bits per heavy atom. The van der Waals surface area contributed by atoms with Crippen LogP contribution in [-0.2, 0) is 33.3 Å². The second kappa shape index (κ2) is 14.0. The fraction of sp³-hybridized carbons (Fsp3) is 0.407. The predicted octanol–water partition coefficient (Wildman–Crippen LogP) is 2.78. The molecule has 0 aliphatic heterocycles. The van der Waals surface area contributed by atoms with Gasteiger partial charge < -0.3 is 19.1 Å². The average Bonchev–Trinajstić information content (AvgIpc) is 3.28. The molecule has 1 N–H and O–H groups in total. The van der Waals surface area contributed by atoms with Gasteiger partial charge in [0.05, 0.1) is 11.5 Å². The fourth-order valence-electron chi connectivity index (χ4n) is 3.90. The fourth-order valence-corrected chi connectivity index (χ4v) is 4.94. The van der Waals surface area contributed by atoms with Gasteiger partial charge in [0, 0.05) is 18.9 Å². The molecular formula is C27H34KN3O5S. The number of unbranched alkanes of at least 4 members (excludes halogenated alkanes) is 1. The summed E-state index contributed by atoms with van der Waals surface area (Å²) < 4.78 is 36.3. The third-order valence-electron chi connectivity index (χ3n) is 5.66. The summed E-state index contributed by atoms with van der Waals surface area (Å²) in [6.45, 7) is 8.00. The van der Waals surface area contributed by atoms with E-state index in [0.717, 1.165) is 30.4 Å². The Labute approximate surface area is 262 Å². The largest absolute Gasteiger partial charge is 1.00 e. The Kier molecular flexibility index (Phi) is 12.0. The van der Waals surface area contributed by atoms with E-state index in [9.17, 15) is 18.3 Å². The van der Waals surface area contributed by atoms with Crippen LogP contribution >= 0.6 is 0 Å². The third kappa shape index (κ3) is 8.74. The molecule has 1 heterocycles.